The highest BCUT2D eigenvalue weighted by Gasteiger charge is 2.08. The zero-order valence-corrected chi connectivity index (χ0v) is 8.67. The summed E-state index contributed by atoms with van der Waals surface area (Å²) < 4.78 is 0. The first kappa shape index (κ1) is 10.2. The maximum absolute atomic E-state index is 9.11. The first-order valence-electron chi connectivity index (χ1n) is 5.01. The van der Waals surface area contributed by atoms with Gasteiger partial charge in [-0.25, -0.2) is 0 Å². The van der Waals surface area contributed by atoms with Crippen LogP contribution in [0.1, 0.15) is 11.6 Å². The molecule has 16 heavy (non-hydrogen) atoms. The van der Waals surface area contributed by atoms with Gasteiger partial charge in [-0.05, 0) is 29.8 Å². The summed E-state index contributed by atoms with van der Waals surface area (Å²) >= 11 is 0. The molecule has 0 saturated carbocycles. The van der Waals surface area contributed by atoms with Crippen molar-refractivity contribution in [3.05, 3.63) is 60.4 Å². The Morgan fingerprint density at radius 2 is 1.75 bits per heavy atom. The molecule has 0 fully saturated rings. The molecule has 0 amide bonds. The molecule has 0 radical (unpaired) electrons. The van der Waals surface area contributed by atoms with E-state index in [1.165, 1.54) is 0 Å². The van der Waals surface area contributed by atoms with Crippen LogP contribution in [0.4, 0.5) is 5.69 Å². The third kappa shape index (κ3) is 2.37. The Morgan fingerprint density at radius 1 is 1.06 bits per heavy atom. The topological polar surface area (TPSA) is 48.7 Å². The van der Waals surface area contributed by atoms with Gasteiger partial charge < -0.3 is 5.32 Å². The van der Waals surface area contributed by atoms with E-state index >= 15 is 0 Å². The Kier molecular flexibility index (Phi) is 3.15. The first-order valence-corrected chi connectivity index (χ1v) is 5.01. The van der Waals surface area contributed by atoms with Gasteiger partial charge in [0.25, 0.3) is 0 Å². The van der Waals surface area contributed by atoms with Crippen LogP contribution in [0.3, 0.4) is 0 Å². The zero-order valence-electron chi connectivity index (χ0n) is 8.67. The number of hydrogen-bond donors (Lipinski definition) is 1. The predicted molar refractivity (Wildman–Crippen MR) is 62.7 cm³/mol. The van der Waals surface area contributed by atoms with Crippen LogP contribution in [0.2, 0.25) is 0 Å². The lowest BCUT2D eigenvalue weighted by Gasteiger charge is -2.12. The first-order chi connectivity index (χ1) is 7.90. The minimum absolute atomic E-state index is 0.342. The van der Waals surface area contributed by atoms with Gasteiger partial charge in [0, 0.05) is 18.1 Å². The fourth-order valence-corrected chi connectivity index (χ4v) is 1.45. The van der Waals surface area contributed by atoms with Gasteiger partial charge in [-0.3, -0.25) is 4.98 Å². The molecular weight excluding hydrogens is 198 g/mol. The standard InChI is InChI=1S/C13H11N3/c14-10-13(11-6-8-15-9-7-11)16-12-4-2-1-3-5-12/h1-9,13,16H/t13-/m1/s1. The Morgan fingerprint density at radius 3 is 2.38 bits per heavy atom. The molecule has 0 aliphatic carbocycles. The number of anilines is 1. The van der Waals surface area contributed by atoms with Gasteiger partial charge in [-0.15, -0.1) is 0 Å². The summed E-state index contributed by atoms with van der Waals surface area (Å²) in [5.41, 5.74) is 1.85. The number of rotatable bonds is 3. The number of pyridine rings is 1. The number of hydrogen-bond acceptors (Lipinski definition) is 3. The van der Waals surface area contributed by atoms with Gasteiger partial charge in [0.1, 0.15) is 6.04 Å². The molecular formula is C13H11N3. The number of nitrogens with one attached hydrogen (secondary N) is 1. The molecule has 1 heterocycles. The monoisotopic (exact) mass is 209 g/mol. The SMILES string of the molecule is N#C[C@@H](Nc1ccccc1)c1ccncc1. The summed E-state index contributed by atoms with van der Waals surface area (Å²) in [4.78, 5) is 3.93. The third-order valence-electron chi connectivity index (χ3n) is 2.25. The smallest absolute Gasteiger partial charge is 0.140 e. The molecule has 1 aromatic carbocycles. The van der Waals surface area contributed by atoms with Gasteiger partial charge in [-0.2, -0.15) is 5.26 Å². The summed E-state index contributed by atoms with van der Waals surface area (Å²) in [6, 6.07) is 15.2. The van der Waals surface area contributed by atoms with Crippen molar-refractivity contribution in [3.63, 3.8) is 0 Å². The maximum atomic E-state index is 9.11. The van der Waals surface area contributed by atoms with E-state index in [2.05, 4.69) is 16.4 Å². The summed E-state index contributed by atoms with van der Waals surface area (Å²) in [5.74, 6) is 0. The predicted octanol–water partition coefficient (Wildman–Crippen LogP) is 2.76. The number of nitriles is 1. The van der Waals surface area contributed by atoms with Gasteiger partial charge >= 0.3 is 0 Å². The number of aromatic nitrogens is 1. The molecule has 0 saturated heterocycles. The third-order valence-corrected chi connectivity index (χ3v) is 2.25. The lowest BCUT2D eigenvalue weighted by molar-refractivity contribution is 0.990. The van der Waals surface area contributed by atoms with Crippen LogP contribution >= 0.6 is 0 Å². The van der Waals surface area contributed by atoms with Crippen LogP contribution in [0.5, 0.6) is 0 Å². The van der Waals surface area contributed by atoms with E-state index in [4.69, 9.17) is 5.26 Å². The van der Waals surface area contributed by atoms with Crippen LogP contribution in [0.15, 0.2) is 54.9 Å². The van der Waals surface area contributed by atoms with Crippen LogP contribution < -0.4 is 5.32 Å². The molecule has 3 heteroatoms. The van der Waals surface area contributed by atoms with Crippen LogP contribution in [-0.4, -0.2) is 4.98 Å². The molecule has 0 bridgehead atoms. The number of para-hydroxylation sites is 1. The van der Waals surface area contributed by atoms with Crippen molar-refractivity contribution in [1.29, 1.82) is 5.26 Å². The molecule has 2 rings (SSSR count). The summed E-state index contributed by atoms with van der Waals surface area (Å²) in [7, 11) is 0. The minimum atomic E-state index is -0.342. The average Bonchev–Trinajstić information content (AvgIpc) is 2.38. The molecule has 78 valence electrons. The number of nitrogens with zero attached hydrogens (tertiary/aromatic N) is 2. The second kappa shape index (κ2) is 4.94. The van der Waals surface area contributed by atoms with Gasteiger partial charge in [-0.1, -0.05) is 18.2 Å². The molecule has 1 atom stereocenters. The fraction of sp³-hybridized carbons (Fsp3) is 0.0769. The Hall–Kier alpha value is -2.34. The molecule has 0 spiro atoms. The van der Waals surface area contributed by atoms with E-state index in [9.17, 15) is 0 Å². The largest absolute Gasteiger partial charge is 0.366 e. The Balaban J connectivity index is 2.17. The highest BCUT2D eigenvalue weighted by Crippen LogP contribution is 2.17. The normalized spacial score (nSPS) is 11.4. The van der Waals surface area contributed by atoms with E-state index in [1.807, 2.05) is 42.5 Å². The quantitative estimate of drug-likeness (QED) is 0.845. The summed E-state index contributed by atoms with van der Waals surface area (Å²) in [6.45, 7) is 0. The van der Waals surface area contributed by atoms with Crippen molar-refractivity contribution < 1.29 is 0 Å². The fourth-order valence-electron chi connectivity index (χ4n) is 1.45. The molecule has 2 aromatic rings. The molecule has 0 aliphatic heterocycles. The van der Waals surface area contributed by atoms with E-state index in [1.54, 1.807) is 12.4 Å². The lowest BCUT2D eigenvalue weighted by Crippen LogP contribution is -2.08. The van der Waals surface area contributed by atoms with Crippen LogP contribution in [-0.2, 0) is 0 Å². The average molecular weight is 209 g/mol. The van der Waals surface area contributed by atoms with Crippen molar-refractivity contribution in [2.24, 2.45) is 0 Å². The van der Waals surface area contributed by atoms with E-state index in [-0.39, 0.29) is 6.04 Å². The minimum Gasteiger partial charge on any atom is -0.366 e. The zero-order chi connectivity index (χ0) is 11.2. The highest BCUT2D eigenvalue weighted by atomic mass is 14.9. The van der Waals surface area contributed by atoms with Crippen molar-refractivity contribution in [2.75, 3.05) is 5.32 Å². The van der Waals surface area contributed by atoms with E-state index in [0.29, 0.717) is 0 Å². The van der Waals surface area contributed by atoms with Gasteiger partial charge in [0.2, 0.25) is 0 Å². The van der Waals surface area contributed by atoms with Crippen LogP contribution in [0.25, 0.3) is 0 Å². The number of benzene rings is 1. The van der Waals surface area contributed by atoms with Crippen molar-refractivity contribution in [3.8, 4) is 6.07 Å². The molecule has 1 N–H and O–H groups in total. The highest BCUT2D eigenvalue weighted by molar-refractivity contribution is 5.46. The second-order valence-electron chi connectivity index (χ2n) is 3.35. The second-order valence-corrected chi connectivity index (χ2v) is 3.35. The van der Waals surface area contributed by atoms with Gasteiger partial charge in [0.15, 0.2) is 0 Å². The molecule has 3 nitrogen and oxygen atoms in total. The van der Waals surface area contributed by atoms with Crippen molar-refractivity contribution in [2.45, 2.75) is 6.04 Å². The van der Waals surface area contributed by atoms with Gasteiger partial charge in [0.05, 0.1) is 6.07 Å². The Labute approximate surface area is 94.4 Å². The molecule has 0 aliphatic rings. The maximum Gasteiger partial charge on any atom is 0.140 e. The van der Waals surface area contributed by atoms with Crippen LogP contribution in [0, 0.1) is 11.3 Å². The Bertz CT molecular complexity index is 474. The lowest BCUT2D eigenvalue weighted by atomic mass is 10.1. The van der Waals surface area contributed by atoms with E-state index in [0.717, 1.165) is 11.3 Å². The van der Waals surface area contributed by atoms with E-state index < -0.39 is 0 Å². The van der Waals surface area contributed by atoms with Crippen molar-refractivity contribution >= 4 is 5.69 Å². The molecule has 0 unspecified atom stereocenters. The summed E-state index contributed by atoms with van der Waals surface area (Å²) in [6.07, 6.45) is 3.37. The molecule has 1 aromatic heterocycles. The van der Waals surface area contributed by atoms with Crippen molar-refractivity contribution in [1.82, 2.24) is 4.98 Å². The summed E-state index contributed by atoms with van der Waals surface area (Å²) in [5, 5.41) is 12.3.